The molecule has 18 heavy (non-hydrogen) atoms. The van der Waals surface area contributed by atoms with Crippen LogP contribution in [0.3, 0.4) is 0 Å². The summed E-state index contributed by atoms with van der Waals surface area (Å²) in [5.74, 6) is 0. The fourth-order valence-electron chi connectivity index (χ4n) is 2.87. The Morgan fingerprint density at radius 3 is 2.67 bits per heavy atom. The predicted octanol–water partition coefficient (Wildman–Crippen LogP) is 4.12. The molecule has 2 nitrogen and oxygen atoms in total. The zero-order valence-electron chi connectivity index (χ0n) is 11.3. The first-order valence-electron chi connectivity index (χ1n) is 6.85. The Balaban J connectivity index is 2.08. The maximum Gasteiger partial charge on any atom is 0.0416 e. The van der Waals surface area contributed by atoms with Crippen LogP contribution in [0.1, 0.15) is 32.1 Å². The molecule has 100 valence electrons. The van der Waals surface area contributed by atoms with Crippen molar-refractivity contribution in [2.75, 3.05) is 19.4 Å². The number of nitrogens with one attached hydrogen (secondary N) is 1. The number of benzene rings is 1. The van der Waals surface area contributed by atoms with E-state index in [0.717, 1.165) is 4.47 Å². The number of anilines is 1. The highest BCUT2D eigenvalue weighted by molar-refractivity contribution is 9.10. The average molecular weight is 311 g/mol. The van der Waals surface area contributed by atoms with Crippen molar-refractivity contribution in [3.8, 4) is 0 Å². The Kier molecular flexibility index (Phi) is 5.07. The van der Waals surface area contributed by atoms with E-state index in [4.69, 9.17) is 0 Å². The van der Waals surface area contributed by atoms with Gasteiger partial charge in [-0.3, -0.25) is 0 Å². The van der Waals surface area contributed by atoms with E-state index >= 15 is 0 Å². The zero-order chi connectivity index (χ0) is 13.0. The average Bonchev–Trinajstić information content (AvgIpc) is 2.54. The van der Waals surface area contributed by atoms with Crippen LogP contribution in [-0.2, 0) is 0 Å². The second-order valence-electron chi connectivity index (χ2n) is 5.43. The molecular formula is C15H23BrN2. The van der Waals surface area contributed by atoms with Gasteiger partial charge in [-0.1, -0.05) is 41.3 Å². The molecule has 2 rings (SSSR count). The van der Waals surface area contributed by atoms with Gasteiger partial charge >= 0.3 is 0 Å². The topological polar surface area (TPSA) is 15.3 Å². The van der Waals surface area contributed by atoms with Gasteiger partial charge in [-0.05, 0) is 45.1 Å². The molecule has 1 aromatic rings. The third kappa shape index (κ3) is 3.72. The Hall–Kier alpha value is -0.540. The van der Waals surface area contributed by atoms with Gasteiger partial charge in [-0.15, -0.1) is 0 Å². The maximum atomic E-state index is 3.72. The van der Waals surface area contributed by atoms with Crippen LogP contribution in [0.2, 0.25) is 0 Å². The summed E-state index contributed by atoms with van der Waals surface area (Å²) in [7, 11) is 4.40. The minimum Gasteiger partial charge on any atom is -0.381 e. The molecule has 1 fully saturated rings. The highest BCUT2D eigenvalue weighted by Gasteiger charge is 2.25. The molecule has 0 aliphatic heterocycles. The van der Waals surface area contributed by atoms with Crippen molar-refractivity contribution in [1.82, 2.24) is 4.90 Å². The van der Waals surface area contributed by atoms with Gasteiger partial charge in [0.15, 0.2) is 0 Å². The molecule has 0 heterocycles. The van der Waals surface area contributed by atoms with Gasteiger partial charge < -0.3 is 10.2 Å². The Labute approximate surface area is 119 Å². The summed E-state index contributed by atoms with van der Waals surface area (Å²) in [5, 5.41) is 3.72. The Morgan fingerprint density at radius 2 is 1.94 bits per heavy atom. The lowest BCUT2D eigenvalue weighted by Crippen LogP contribution is -2.42. The fourth-order valence-corrected chi connectivity index (χ4v) is 3.27. The zero-order valence-corrected chi connectivity index (χ0v) is 12.9. The number of likely N-dealkylation sites (N-methyl/N-ethyl adjacent to an activating group) is 1. The van der Waals surface area contributed by atoms with Crippen molar-refractivity contribution >= 4 is 21.6 Å². The summed E-state index contributed by atoms with van der Waals surface area (Å²) in [6, 6.07) is 9.69. The third-order valence-corrected chi connectivity index (χ3v) is 4.31. The molecule has 3 heteroatoms. The first kappa shape index (κ1) is 13.9. The van der Waals surface area contributed by atoms with Gasteiger partial charge in [0.1, 0.15) is 0 Å². The lowest BCUT2D eigenvalue weighted by atomic mass is 10.0. The number of nitrogens with zero attached hydrogens (tertiary/aromatic N) is 1. The molecule has 0 bridgehead atoms. The molecule has 2 atom stereocenters. The van der Waals surface area contributed by atoms with E-state index in [9.17, 15) is 0 Å². The molecule has 2 unspecified atom stereocenters. The number of hydrogen-bond acceptors (Lipinski definition) is 2. The third-order valence-electron chi connectivity index (χ3n) is 3.82. The lowest BCUT2D eigenvalue weighted by molar-refractivity contribution is 0.251. The van der Waals surface area contributed by atoms with Crippen molar-refractivity contribution in [1.29, 1.82) is 0 Å². The van der Waals surface area contributed by atoms with Crippen LogP contribution in [-0.4, -0.2) is 31.1 Å². The van der Waals surface area contributed by atoms with E-state index in [1.807, 2.05) is 0 Å². The van der Waals surface area contributed by atoms with Crippen molar-refractivity contribution in [2.24, 2.45) is 0 Å². The molecule has 0 amide bonds. The molecule has 0 radical (unpaired) electrons. The summed E-state index contributed by atoms with van der Waals surface area (Å²) in [6.07, 6.45) is 6.66. The van der Waals surface area contributed by atoms with Crippen LogP contribution in [0.5, 0.6) is 0 Å². The quantitative estimate of drug-likeness (QED) is 0.845. The molecule has 0 saturated heterocycles. The first-order valence-corrected chi connectivity index (χ1v) is 7.64. The van der Waals surface area contributed by atoms with Gasteiger partial charge in [-0.25, -0.2) is 0 Å². The second-order valence-corrected chi connectivity index (χ2v) is 6.35. The van der Waals surface area contributed by atoms with Crippen molar-refractivity contribution in [3.05, 3.63) is 28.7 Å². The van der Waals surface area contributed by atoms with Gasteiger partial charge in [0, 0.05) is 22.2 Å². The van der Waals surface area contributed by atoms with Crippen molar-refractivity contribution in [3.63, 3.8) is 0 Å². The first-order chi connectivity index (χ1) is 8.66. The van der Waals surface area contributed by atoms with Crippen LogP contribution >= 0.6 is 15.9 Å². The van der Waals surface area contributed by atoms with Crippen LogP contribution < -0.4 is 5.32 Å². The van der Waals surface area contributed by atoms with Gasteiger partial charge in [0.25, 0.3) is 0 Å². The van der Waals surface area contributed by atoms with E-state index in [1.54, 1.807) is 0 Å². The molecule has 0 aromatic heterocycles. The predicted molar refractivity (Wildman–Crippen MR) is 82.1 cm³/mol. The smallest absolute Gasteiger partial charge is 0.0416 e. The summed E-state index contributed by atoms with van der Waals surface area (Å²) >= 11 is 3.54. The van der Waals surface area contributed by atoms with Crippen LogP contribution in [0, 0.1) is 0 Å². The fraction of sp³-hybridized carbons (Fsp3) is 0.600. The molecule has 1 N–H and O–H groups in total. The molecule has 1 saturated carbocycles. The number of hydrogen-bond donors (Lipinski definition) is 1. The SMILES string of the molecule is CN(C)C1CCCCCC1Nc1cccc(Br)c1. The minimum atomic E-state index is 0.566. The standard InChI is InChI=1S/C15H23BrN2/c1-18(2)15-10-5-3-4-9-14(15)17-13-8-6-7-12(16)11-13/h6-8,11,14-15,17H,3-5,9-10H2,1-2H3. The molecule has 1 aliphatic rings. The summed E-state index contributed by atoms with van der Waals surface area (Å²) < 4.78 is 1.14. The van der Waals surface area contributed by atoms with Crippen LogP contribution in [0.4, 0.5) is 5.69 Å². The summed E-state index contributed by atoms with van der Waals surface area (Å²) in [5.41, 5.74) is 1.23. The Bertz CT molecular complexity index is 379. The number of halogens is 1. The monoisotopic (exact) mass is 310 g/mol. The van der Waals surface area contributed by atoms with Crippen molar-refractivity contribution < 1.29 is 0 Å². The second kappa shape index (κ2) is 6.58. The van der Waals surface area contributed by atoms with Gasteiger partial charge in [0.2, 0.25) is 0 Å². The van der Waals surface area contributed by atoms with E-state index < -0.39 is 0 Å². The largest absolute Gasteiger partial charge is 0.381 e. The normalized spacial score (nSPS) is 24.9. The highest BCUT2D eigenvalue weighted by atomic mass is 79.9. The lowest BCUT2D eigenvalue weighted by Gasteiger charge is -2.32. The van der Waals surface area contributed by atoms with E-state index in [1.165, 1.54) is 37.8 Å². The molecule has 1 aliphatic carbocycles. The maximum absolute atomic E-state index is 3.72. The van der Waals surface area contributed by atoms with Gasteiger partial charge in [0.05, 0.1) is 0 Å². The molecule has 0 spiro atoms. The van der Waals surface area contributed by atoms with E-state index in [2.05, 4.69) is 64.5 Å². The summed E-state index contributed by atoms with van der Waals surface area (Å²) in [6.45, 7) is 0. The van der Waals surface area contributed by atoms with Gasteiger partial charge in [-0.2, -0.15) is 0 Å². The number of rotatable bonds is 3. The van der Waals surface area contributed by atoms with Crippen LogP contribution in [0.15, 0.2) is 28.7 Å². The molecular weight excluding hydrogens is 288 g/mol. The minimum absolute atomic E-state index is 0.566. The summed E-state index contributed by atoms with van der Waals surface area (Å²) in [4.78, 5) is 2.38. The van der Waals surface area contributed by atoms with Crippen LogP contribution in [0.25, 0.3) is 0 Å². The van der Waals surface area contributed by atoms with E-state index in [-0.39, 0.29) is 0 Å². The molecule has 1 aromatic carbocycles. The van der Waals surface area contributed by atoms with Crippen molar-refractivity contribution in [2.45, 2.75) is 44.2 Å². The Morgan fingerprint density at radius 1 is 1.17 bits per heavy atom. The highest BCUT2D eigenvalue weighted by Crippen LogP contribution is 2.25. The van der Waals surface area contributed by atoms with E-state index in [0.29, 0.717) is 12.1 Å².